The second kappa shape index (κ2) is 4.45. The first kappa shape index (κ1) is 10.8. The molecule has 1 heterocycles. The van der Waals surface area contributed by atoms with E-state index in [4.69, 9.17) is 22.1 Å². The zero-order valence-corrected chi connectivity index (χ0v) is 9.61. The van der Waals surface area contributed by atoms with Gasteiger partial charge >= 0.3 is 0 Å². The third-order valence-electron chi connectivity index (χ3n) is 2.28. The van der Waals surface area contributed by atoms with E-state index in [0.717, 1.165) is 5.56 Å². The fraction of sp³-hybridized carbons (Fsp3) is 0.182. The van der Waals surface area contributed by atoms with Crippen molar-refractivity contribution in [2.24, 2.45) is 7.05 Å². The first-order chi connectivity index (χ1) is 7.68. The van der Waals surface area contributed by atoms with Gasteiger partial charge in [-0.2, -0.15) is 5.10 Å². The molecule has 0 spiro atoms. The SMILES string of the molecule is Cn1ncc(COc2ccccc2Cl)c1N. The number of nitrogen functional groups attached to an aromatic ring is 1. The van der Waals surface area contributed by atoms with E-state index >= 15 is 0 Å². The molecule has 0 fully saturated rings. The first-order valence-corrected chi connectivity index (χ1v) is 5.20. The van der Waals surface area contributed by atoms with Gasteiger partial charge in [-0.3, -0.25) is 4.68 Å². The number of benzene rings is 1. The summed E-state index contributed by atoms with van der Waals surface area (Å²) in [5.74, 6) is 1.25. The Morgan fingerprint density at radius 1 is 1.44 bits per heavy atom. The van der Waals surface area contributed by atoms with Gasteiger partial charge in [-0.25, -0.2) is 0 Å². The van der Waals surface area contributed by atoms with E-state index in [2.05, 4.69) is 5.10 Å². The minimum atomic E-state index is 0.364. The van der Waals surface area contributed by atoms with Crippen LogP contribution in [0.5, 0.6) is 5.75 Å². The van der Waals surface area contributed by atoms with Crippen molar-refractivity contribution in [2.45, 2.75) is 6.61 Å². The van der Waals surface area contributed by atoms with E-state index in [1.165, 1.54) is 0 Å². The quantitative estimate of drug-likeness (QED) is 0.891. The molecule has 0 saturated heterocycles. The molecule has 0 saturated carbocycles. The van der Waals surface area contributed by atoms with E-state index in [0.29, 0.717) is 23.2 Å². The summed E-state index contributed by atoms with van der Waals surface area (Å²) in [7, 11) is 1.79. The number of para-hydroxylation sites is 1. The minimum absolute atomic E-state index is 0.364. The van der Waals surface area contributed by atoms with Crippen LogP contribution in [0.4, 0.5) is 5.82 Å². The number of hydrogen-bond acceptors (Lipinski definition) is 3. The topological polar surface area (TPSA) is 53.1 Å². The van der Waals surface area contributed by atoms with Gasteiger partial charge in [0.05, 0.1) is 16.8 Å². The average molecular weight is 238 g/mol. The van der Waals surface area contributed by atoms with Crippen LogP contribution in [-0.4, -0.2) is 9.78 Å². The lowest BCUT2D eigenvalue weighted by atomic mass is 10.3. The highest BCUT2D eigenvalue weighted by atomic mass is 35.5. The van der Waals surface area contributed by atoms with E-state index in [1.54, 1.807) is 24.0 Å². The van der Waals surface area contributed by atoms with Crippen LogP contribution in [0.1, 0.15) is 5.56 Å². The lowest BCUT2D eigenvalue weighted by molar-refractivity contribution is 0.307. The Morgan fingerprint density at radius 3 is 2.81 bits per heavy atom. The van der Waals surface area contributed by atoms with Crippen molar-refractivity contribution in [2.75, 3.05) is 5.73 Å². The molecular weight excluding hydrogens is 226 g/mol. The van der Waals surface area contributed by atoms with Gasteiger partial charge in [0.1, 0.15) is 18.2 Å². The van der Waals surface area contributed by atoms with Crippen LogP contribution in [0.25, 0.3) is 0 Å². The van der Waals surface area contributed by atoms with Crippen molar-refractivity contribution in [3.05, 3.63) is 41.0 Å². The normalized spacial score (nSPS) is 10.4. The maximum absolute atomic E-state index is 5.96. The molecule has 2 aromatic rings. The van der Waals surface area contributed by atoms with E-state index in [1.807, 2.05) is 18.2 Å². The predicted molar refractivity (Wildman–Crippen MR) is 63.4 cm³/mol. The zero-order valence-electron chi connectivity index (χ0n) is 8.85. The van der Waals surface area contributed by atoms with Gasteiger partial charge in [-0.15, -0.1) is 0 Å². The summed E-state index contributed by atoms with van der Waals surface area (Å²) >= 11 is 5.96. The second-order valence-electron chi connectivity index (χ2n) is 3.40. The fourth-order valence-corrected chi connectivity index (χ4v) is 1.51. The highest BCUT2D eigenvalue weighted by molar-refractivity contribution is 6.32. The average Bonchev–Trinajstić information content (AvgIpc) is 2.59. The molecule has 0 aliphatic carbocycles. The number of anilines is 1. The summed E-state index contributed by atoms with van der Waals surface area (Å²) in [6.07, 6.45) is 1.69. The molecule has 1 aromatic heterocycles. The predicted octanol–water partition coefficient (Wildman–Crippen LogP) is 2.23. The monoisotopic (exact) mass is 237 g/mol. The molecule has 4 nitrogen and oxygen atoms in total. The minimum Gasteiger partial charge on any atom is -0.487 e. The molecule has 0 radical (unpaired) electrons. The molecule has 0 bridgehead atoms. The number of halogens is 1. The molecule has 84 valence electrons. The summed E-state index contributed by atoms with van der Waals surface area (Å²) in [4.78, 5) is 0. The van der Waals surface area contributed by atoms with Gasteiger partial charge in [0.2, 0.25) is 0 Å². The molecule has 16 heavy (non-hydrogen) atoms. The van der Waals surface area contributed by atoms with E-state index < -0.39 is 0 Å². The lowest BCUT2D eigenvalue weighted by Gasteiger charge is -2.06. The van der Waals surface area contributed by atoms with Crippen LogP contribution in [0, 0.1) is 0 Å². The van der Waals surface area contributed by atoms with Crippen LogP contribution < -0.4 is 10.5 Å². The number of hydrogen-bond donors (Lipinski definition) is 1. The molecule has 0 amide bonds. The van der Waals surface area contributed by atoms with Crippen LogP contribution in [0.15, 0.2) is 30.5 Å². The van der Waals surface area contributed by atoms with Crippen molar-refractivity contribution in [1.29, 1.82) is 0 Å². The summed E-state index contributed by atoms with van der Waals surface area (Å²) in [6, 6.07) is 7.32. The second-order valence-corrected chi connectivity index (χ2v) is 3.80. The summed E-state index contributed by atoms with van der Waals surface area (Å²) in [5.41, 5.74) is 6.64. The van der Waals surface area contributed by atoms with Crippen LogP contribution >= 0.6 is 11.6 Å². The highest BCUT2D eigenvalue weighted by Crippen LogP contribution is 2.24. The molecule has 2 N–H and O–H groups in total. The Balaban J connectivity index is 2.08. The zero-order chi connectivity index (χ0) is 11.5. The van der Waals surface area contributed by atoms with Crippen molar-refractivity contribution in [3.63, 3.8) is 0 Å². The van der Waals surface area contributed by atoms with Crippen molar-refractivity contribution in [1.82, 2.24) is 9.78 Å². The van der Waals surface area contributed by atoms with Crippen molar-refractivity contribution < 1.29 is 4.74 Å². The van der Waals surface area contributed by atoms with Crippen LogP contribution in [-0.2, 0) is 13.7 Å². The molecule has 0 aliphatic heterocycles. The molecular formula is C11H12ClN3O. The maximum atomic E-state index is 5.96. The molecule has 0 unspecified atom stereocenters. The van der Waals surface area contributed by atoms with Crippen molar-refractivity contribution in [3.8, 4) is 5.75 Å². The third-order valence-corrected chi connectivity index (χ3v) is 2.60. The molecule has 0 atom stereocenters. The van der Waals surface area contributed by atoms with Gasteiger partial charge in [0.25, 0.3) is 0 Å². The van der Waals surface area contributed by atoms with Crippen LogP contribution in [0.2, 0.25) is 5.02 Å². The van der Waals surface area contributed by atoms with Gasteiger partial charge in [-0.05, 0) is 12.1 Å². The van der Waals surface area contributed by atoms with E-state index in [-0.39, 0.29) is 0 Å². The van der Waals surface area contributed by atoms with Gasteiger partial charge in [0.15, 0.2) is 0 Å². The Kier molecular flexibility index (Phi) is 3.01. The lowest BCUT2D eigenvalue weighted by Crippen LogP contribution is -2.02. The molecule has 5 heteroatoms. The smallest absolute Gasteiger partial charge is 0.138 e. The molecule has 1 aromatic carbocycles. The number of ether oxygens (including phenoxy) is 1. The first-order valence-electron chi connectivity index (χ1n) is 4.82. The Labute approximate surface area is 98.6 Å². The fourth-order valence-electron chi connectivity index (χ4n) is 1.32. The number of aryl methyl sites for hydroxylation is 1. The van der Waals surface area contributed by atoms with Crippen LogP contribution in [0.3, 0.4) is 0 Å². The largest absolute Gasteiger partial charge is 0.487 e. The van der Waals surface area contributed by atoms with Crippen molar-refractivity contribution >= 4 is 17.4 Å². The Morgan fingerprint density at radius 2 is 2.19 bits per heavy atom. The number of nitrogens with two attached hydrogens (primary N) is 1. The third kappa shape index (κ3) is 2.12. The number of rotatable bonds is 3. The molecule has 0 aliphatic rings. The Hall–Kier alpha value is -1.68. The molecule has 2 rings (SSSR count). The maximum Gasteiger partial charge on any atom is 0.138 e. The Bertz CT molecular complexity index is 496. The van der Waals surface area contributed by atoms with Gasteiger partial charge < -0.3 is 10.5 Å². The standard InChI is InChI=1S/C11H12ClN3O/c1-15-11(13)8(6-14-15)7-16-10-5-3-2-4-9(10)12/h2-6H,7,13H2,1H3. The van der Waals surface area contributed by atoms with E-state index in [9.17, 15) is 0 Å². The number of nitrogens with zero attached hydrogens (tertiary/aromatic N) is 2. The summed E-state index contributed by atoms with van der Waals surface area (Å²) in [5, 5.41) is 4.62. The van der Waals surface area contributed by atoms with Gasteiger partial charge in [-0.1, -0.05) is 23.7 Å². The highest BCUT2D eigenvalue weighted by Gasteiger charge is 2.06. The summed E-state index contributed by atoms with van der Waals surface area (Å²) in [6.45, 7) is 0.364. The summed E-state index contributed by atoms with van der Waals surface area (Å²) < 4.78 is 7.15. The van der Waals surface area contributed by atoms with Gasteiger partial charge in [0, 0.05) is 7.05 Å². The number of aromatic nitrogens is 2.